The fraction of sp³-hybridized carbons (Fsp3) is 0.562. The zero-order valence-corrected chi connectivity index (χ0v) is 12.2. The van der Waals surface area contributed by atoms with Crippen molar-refractivity contribution in [1.82, 2.24) is 4.90 Å². The lowest BCUT2D eigenvalue weighted by molar-refractivity contribution is -0.137. The van der Waals surface area contributed by atoms with Gasteiger partial charge in [-0.15, -0.1) is 0 Å². The first-order chi connectivity index (χ1) is 9.58. The van der Waals surface area contributed by atoms with E-state index >= 15 is 0 Å². The topological polar surface area (TPSA) is 49.8 Å². The molecule has 4 heteroatoms. The minimum Gasteiger partial charge on any atom is -0.484 e. The molecule has 1 aromatic carbocycles. The molecule has 4 nitrogen and oxygen atoms in total. The van der Waals surface area contributed by atoms with Gasteiger partial charge in [-0.1, -0.05) is 30.5 Å². The number of nitrogens with zero attached hydrogens (tertiary/aromatic N) is 1. The first kappa shape index (κ1) is 14.9. The molecule has 110 valence electrons. The van der Waals surface area contributed by atoms with Crippen LogP contribution in [0.25, 0.3) is 0 Å². The van der Waals surface area contributed by atoms with E-state index in [0.717, 1.165) is 31.2 Å². The van der Waals surface area contributed by atoms with Crippen molar-refractivity contribution in [3.05, 3.63) is 29.8 Å². The predicted octanol–water partition coefficient (Wildman–Crippen LogP) is 2.14. The Morgan fingerprint density at radius 2 is 1.95 bits per heavy atom. The van der Waals surface area contributed by atoms with Crippen LogP contribution in [0.15, 0.2) is 24.3 Å². The molecule has 1 aliphatic carbocycles. The monoisotopic (exact) mass is 277 g/mol. The molecule has 1 amide bonds. The highest BCUT2D eigenvalue weighted by Crippen LogP contribution is 2.22. The number of amides is 1. The molecule has 0 radical (unpaired) electrons. The maximum Gasteiger partial charge on any atom is 0.260 e. The van der Waals surface area contributed by atoms with Crippen LogP contribution < -0.4 is 4.74 Å². The summed E-state index contributed by atoms with van der Waals surface area (Å²) in [4.78, 5) is 13.8. The Hall–Kier alpha value is -1.55. The predicted molar refractivity (Wildman–Crippen MR) is 77.7 cm³/mol. The zero-order valence-electron chi connectivity index (χ0n) is 12.2. The normalized spacial score (nSPS) is 22.4. The summed E-state index contributed by atoms with van der Waals surface area (Å²) >= 11 is 0. The Bertz CT molecular complexity index is 444. The standard InChI is InChI=1S/C16H23NO3/c1-12-7-9-13(10-8-12)20-11-16(19)17(2)14-5-3-4-6-15(14)18/h7-10,14-15,18H,3-6,11H2,1-2H3. The van der Waals surface area contributed by atoms with Crippen LogP contribution >= 0.6 is 0 Å². The van der Waals surface area contributed by atoms with Gasteiger partial charge in [-0.05, 0) is 31.9 Å². The van der Waals surface area contributed by atoms with Gasteiger partial charge in [-0.2, -0.15) is 0 Å². The fourth-order valence-electron chi connectivity index (χ4n) is 2.61. The number of aliphatic hydroxyl groups excluding tert-OH is 1. The van der Waals surface area contributed by atoms with Crippen molar-refractivity contribution < 1.29 is 14.6 Å². The number of likely N-dealkylation sites (N-methyl/N-ethyl adjacent to an activating group) is 1. The first-order valence-corrected chi connectivity index (χ1v) is 7.21. The second-order valence-corrected chi connectivity index (χ2v) is 5.53. The number of carbonyl (C=O) groups is 1. The molecular weight excluding hydrogens is 254 g/mol. The number of benzene rings is 1. The minimum absolute atomic E-state index is 0.0166. The molecule has 0 heterocycles. The van der Waals surface area contributed by atoms with E-state index in [1.165, 1.54) is 0 Å². The van der Waals surface area contributed by atoms with Gasteiger partial charge in [0.15, 0.2) is 6.61 Å². The van der Waals surface area contributed by atoms with Crippen molar-refractivity contribution in [2.45, 2.75) is 44.8 Å². The summed E-state index contributed by atoms with van der Waals surface area (Å²) in [5.74, 6) is 0.609. The van der Waals surface area contributed by atoms with Crippen LogP contribution in [-0.4, -0.2) is 41.7 Å². The van der Waals surface area contributed by atoms with Crippen molar-refractivity contribution >= 4 is 5.91 Å². The van der Waals surface area contributed by atoms with Crippen LogP contribution in [-0.2, 0) is 4.79 Å². The van der Waals surface area contributed by atoms with Gasteiger partial charge in [-0.3, -0.25) is 4.79 Å². The third-order valence-corrected chi connectivity index (χ3v) is 3.97. The second kappa shape index (κ2) is 6.75. The number of carbonyl (C=O) groups excluding carboxylic acids is 1. The summed E-state index contributed by atoms with van der Waals surface area (Å²) in [6, 6.07) is 7.55. The molecule has 0 spiro atoms. The van der Waals surface area contributed by atoms with Crippen molar-refractivity contribution in [1.29, 1.82) is 0 Å². The Kier molecular flexibility index (Phi) is 5.01. The summed E-state index contributed by atoms with van der Waals surface area (Å²) in [5, 5.41) is 9.97. The van der Waals surface area contributed by atoms with E-state index in [4.69, 9.17) is 4.74 Å². The average Bonchev–Trinajstić information content (AvgIpc) is 2.46. The maximum atomic E-state index is 12.1. The van der Waals surface area contributed by atoms with E-state index < -0.39 is 6.10 Å². The lowest BCUT2D eigenvalue weighted by Crippen LogP contribution is -2.47. The van der Waals surface area contributed by atoms with Crippen molar-refractivity contribution in [3.8, 4) is 5.75 Å². The second-order valence-electron chi connectivity index (χ2n) is 5.53. The quantitative estimate of drug-likeness (QED) is 0.917. The molecule has 0 aliphatic heterocycles. The smallest absolute Gasteiger partial charge is 0.260 e. The first-order valence-electron chi connectivity index (χ1n) is 7.21. The summed E-state index contributed by atoms with van der Waals surface area (Å²) in [7, 11) is 1.75. The van der Waals surface area contributed by atoms with E-state index in [-0.39, 0.29) is 18.6 Å². The van der Waals surface area contributed by atoms with Gasteiger partial charge in [0.2, 0.25) is 0 Å². The lowest BCUT2D eigenvalue weighted by Gasteiger charge is -2.35. The Balaban J connectivity index is 1.86. The van der Waals surface area contributed by atoms with Crippen molar-refractivity contribution in [2.75, 3.05) is 13.7 Å². The molecule has 0 saturated heterocycles. The molecule has 2 rings (SSSR count). The Morgan fingerprint density at radius 3 is 2.60 bits per heavy atom. The molecule has 1 fully saturated rings. The largest absolute Gasteiger partial charge is 0.484 e. The average molecular weight is 277 g/mol. The highest BCUT2D eigenvalue weighted by molar-refractivity contribution is 5.77. The number of hydrogen-bond donors (Lipinski definition) is 1. The third kappa shape index (κ3) is 3.73. The molecule has 1 N–H and O–H groups in total. The lowest BCUT2D eigenvalue weighted by atomic mass is 9.91. The van der Waals surface area contributed by atoms with Gasteiger partial charge in [0, 0.05) is 7.05 Å². The zero-order chi connectivity index (χ0) is 14.5. The highest BCUT2D eigenvalue weighted by Gasteiger charge is 2.29. The van der Waals surface area contributed by atoms with Gasteiger partial charge in [0.1, 0.15) is 5.75 Å². The maximum absolute atomic E-state index is 12.1. The molecule has 20 heavy (non-hydrogen) atoms. The van der Waals surface area contributed by atoms with Gasteiger partial charge in [0.05, 0.1) is 12.1 Å². The van der Waals surface area contributed by atoms with Crippen molar-refractivity contribution in [2.24, 2.45) is 0 Å². The van der Waals surface area contributed by atoms with Crippen LogP contribution in [0, 0.1) is 6.92 Å². The van der Waals surface area contributed by atoms with Gasteiger partial charge in [0.25, 0.3) is 5.91 Å². The van der Waals surface area contributed by atoms with Crippen LogP contribution in [0.1, 0.15) is 31.2 Å². The van der Waals surface area contributed by atoms with Gasteiger partial charge >= 0.3 is 0 Å². The SMILES string of the molecule is Cc1ccc(OCC(=O)N(C)C2CCCCC2O)cc1. The van der Waals surface area contributed by atoms with Gasteiger partial charge < -0.3 is 14.7 Å². The number of aryl methyl sites for hydroxylation is 1. The van der Waals surface area contributed by atoms with E-state index in [1.54, 1.807) is 11.9 Å². The molecule has 1 aromatic rings. The van der Waals surface area contributed by atoms with E-state index in [0.29, 0.717) is 5.75 Å². The summed E-state index contributed by atoms with van der Waals surface area (Å²) in [5.41, 5.74) is 1.16. The van der Waals surface area contributed by atoms with Crippen LogP contribution in [0.3, 0.4) is 0 Å². The highest BCUT2D eigenvalue weighted by atomic mass is 16.5. The van der Waals surface area contributed by atoms with Crippen molar-refractivity contribution in [3.63, 3.8) is 0 Å². The fourth-order valence-corrected chi connectivity index (χ4v) is 2.61. The molecule has 0 aromatic heterocycles. The van der Waals surface area contributed by atoms with Gasteiger partial charge in [-0.25, -0.2) is 0 Å². The summed E-state index contributed by atoms with van der Waals surface area (Å²) in [6.07, 6.45) is 3.35. The Morgan fingerprint density at radius 1 is 1.30 bits per heavy atom. The third-order valence-electron chi connectivity index (χ3n) is 3.97. The minimum atomic E-state index is -0.405. The molecule has 2 atom stereocenters. The van der Waals surface area contributed by atoms with E-state index in [2.05, 4.69) is 0 Å². The van der Waals surface area contributed by atoms with Crippen LogP contribution in [0.5, 0.6) is 5.75 Å². The molecule has 1 saturated carbocycles. The molecule has 1 aliphatic rings. The van der Waals surface area contributed by atoms with E-state index in [9.17, 15) is 9.90 Å². The molecular formula is C16H23NO3. The number of ether oxygens (including phenoxy) is 1. The summed E-state index contributed by atoms with van der Waals surface area (Å²) < 4.78 is 5.50. The summed E-state index contributed by atoms with van der Waals surface area (Å²) in [6.45, 7) is 2.02. The molecule has 2 unspecified atom stereocenters. The number of hydrogen-bond acceptors (Lipinski definition) is 3. The molecule has 0 bridgehead atoms. The van der Waals surface area contributed by atoms with Crippen LogP contribution in [0.4, 0.5) is 0 Å². The van der Waals surface area contributed by atoms with E-state index in [1.807, 2.05) is 31.2 Å². The van der Waals surface area contributed by atoms with Crippen LogP contribution in [0.2, 0.25) is 0 Å². The number of aliphatic hydroxyl groups is 1. The Labute approximate surface area is 120 Å². The number of rotatable bonds is 4.